The van der Waals surface area contributed by atoms with Gasteiger partial charge in [-0.15, -0.1) is 11.6 Å². The summed E-state index contributed by atoms with van der Waals surface area (Å²) >= 11 is 6.66. The number of alkyl halides is 1. The lowest BCUT2D eigenvalue weighted by molar-refractivity contribution is 0.0672. The Bertz CT molecular complexity index is 476. The van der Waals surface area contributed by atoms with Crippen molar-refractivity contribution in [1.82, 2.24) is 0 Å². The van der Waals surface area contributed by atoms with Gasteiger partial charge in [0.2, 0.25) is 0 Å². The molecular formula is C16H19ClO. The van der Waals surface area contributed by atoms with E-state index in [4.69, 9.17) is 11.6 Å². The fourth-order valence-electron chi connectivity index (χ4n) is 3.75. The largest absolute Gasteiger partial charge is 0.293 e. The predicted molar refractivity (Wildman–Crippen MR) is 74.0 cm³/mol. The Balaban J connectivity index is 2.01. The number of halogens is 1. The van der Waals surface area contributed by atoms with Gasteiger partial charge in [0.25, 0.3) is 0 Å². The van der Waals surface area contributed by atoms with Crippen LogP contribution in [-0.4, -0.2) is 5.78 Å². The smallest absolute Gasteiger partial charge is 0.171 e. The molecule has 2 aliphatic carbocycles. The number of hydrogen-bond acceptors (Lipinski definition) is 1. The first-order chi connectivity index (χ1) is 8.65. The molecule has 1 aromatic carbocycles. The molecule has 0 aliphatic heterocycles. The fraction of sp³-hybridized carbons (Fsp3) is 0.562. The number of carbonyl (C=O) groups is 1. The molecule has 0 N–H and O–H groups in total. The SMILES string of the molecule is CC1(C2CCCCC2)C(=O)c2ccccc2C1Cl. The minimum absolute atomic E-state index is 0.149. The summed E-state index contributed by atoms with van der Waals surface area (Å²) in [5.74, 6) is 0.721. The molecule has 1 saturated carbocycles. The maximum Gasteiger partial charge on any atom is 0.171 e. The lowest BCUT2D eigenvalue weighted by Crippen LogP contribution is -2.36. The molecular weight excluding hydrogens is 244 g/mol. The maximum absolute atomic E-state index is 12.7. The number of rotatable bonds is 1. The van der Waals surface area contributed by atoms with E-state index in [1.54, 1.807) is 0 Å². The second kappa shape index (κ2) is 4.38. The van der Waals surface area contributed by atoms with Crippen LogP contribution in [0.2, 0.25) is 0 Å². The lowest BCUT2D eigenvalue weighted by atomic mass is 9.67. The molecule has 96 valence electrons. The summed E-state index contributed by atoms with van der Waals surface area (Å²) in [6.07, 6.45) is 6.10. The van der Waals surface area contributed by atoms with Crippen LogP contribution in [0.3, 0.4) is 0 Å². The number of carbonyl (C=O) groups excluding carboxylic acids is 1. The second-order valence-electron chi connectivity index (χ2n) is 5.90. The van der Waals surface area contributed by atoms with Gasteiger partial charge in [-0.2, -0.15) is 0 Å². The average Bonchev–Trinajstić information content (AvgIpc) is 2.64. The van der Waals surface area contributed by atoms with Gasteiger partial charge in [-0.05, 0) is 24.3 Å². The van der Waals surface area contributed by atoms with Crippen LogP contribution in [0.25, 0.3) is 0 Å². The summed E-state index contributed by atoms with van der Waals surface area (Å²) in [4.78, 5) is 12.7. The summed E-state index contributed by atoms with van der Waals surface area (Å²) in [5.41, 5.74) is 1.51. The van der Waals surface area contributed by atoms with E-state index < -0.39 is 0 Å². The van der Waals surface area contributed by atoms with Gasteiger partial charge < -0.3 is 0 Å². The van der Waals surface area contributed by atoms with E-state index in [0.29, 0.717) is 5.92 Å². The summed E-state index contributed by atoms with van der Waals surface area (Å²) in [7, 11) is 0. The monoisotopic (exact) mass is 262 g/mol. The van der Waals surface area contributed by atoms with Gasteiger partial charge in [-0.3, -0.25) is 4.79 Å². The first-order valence-electron chi connectivity index (χ1n) is 6.93. The zero-order valence-electron chi connectivity index (χ0n) is 10.8. The molecule has 1 fully saturated rings. The van der Waals surface area contributed by atoms with Crippen LogP contribution < -0.4 is 0 Å². The summed E-state index contributed by atoms with van der Waals surface area (Å²) in [6.45, 7) is 2.09. The van der Waals surface area contributed by atoms with E-state index >= 15 is 0 Å². The van der Waals surface area contributed by atoms with Crippen LogP contribution >= 0.6 is 11.6 Å². The Morgan fingerprint density at radius 3 is 2.50 bits per heavy atom. The highest BCUT2D eigenvalue weighted by atomic mass is 35.5. The van der Waals surface area contributed by atoms with Crippen molar-refractivity contribution in [2.75, 3.05) is 0 Å². The molecule has 0 bridgehead atoms. The van der Waals surface area contributed by atoms with Gasteiger partial charge in [-0.1, -0.05) is 50.5 Å². The van der Waals surface area contributed by atoms with Crippen molar-refractivity contribution < 1.29 is 4.79 Å². The van der Waals surface area contributed by atoms with Gasteiger partial charge in [0.1, 0.15) is 0 Å². The topological polar surface area (TPSA) is 17.1 Å². The van der Waals surface area contributed by atoms with Crippen molar-refractivity contribution in [3.8, 4) is 0 Å². The van der Waals surface area contributed by atoms with Gasteiger partial charge in [0.05, 0.1) is 10.8 Å². The molecule has 2 unspecified atom stereocenters. The Hall–Kier alpha value is -0.820. The lowest BCUT2D eigenvalue weighted by Gasteiger charge is -2.37. The first-order valence-corrected chi connectivity index (χ1v) is 7.37. The number of ketones is 1. The van der Waals surface area contributed by atoms with E-state index in [-0.39, 0.29) is 16.6 Å². The van der Waals surface area contributed by atoms with Crippen LogP contribution in [0.1, 0.15) is 60.3 Å². The van der Waals surface area contributed by atoms with Crippen molar-refractivity contribution in [2.24, 2.45) is 11.3 Å². The molecule has 1 nitrogen and oxygen atoms in total. The quantitative estimate of drug-likeness (QED) is 0.668. The van der Waals surface area contributed by atoms with Gasteiger partial charge in [0.15, 0.2) is 5.78 Å². The molecule has 0 amide bonds. The second-order valence-corrected chi connectivity index (χ2v) is 6.33. The van der Waals surface area contributed by atoms with Crippen LogP contribution in [0.4, 0.5) is 0 Å². The van der Waals surface area contributed by atoms with E-state index in [1.807, 2.05) is 24.3 Å². The van der Waals surface area contributed by atoms with Gasteiger partial charge in [0, 0.05) is 5.56 Å². The molecule has 0 saturated heterocycles. The predicted octanol–water partition coefficient (Wildman–Crippen LogP) is 4.75. The molecule has 0 radical (unpaired) electrons. The summed E-state index contributed by atoms with van der Waals surface area (Å²) in [6, 6.07) is 7.86. The van der Waals surface area contributed by atoms with Crippen LogP contribution in [0, 0.1) is 11.3 Å². The van der Waals surface area contributed by atoms with Gasteiger partial charge >= 0.3 is 0 Å². The Kier molecular flexibility index (Phi) is 2.97. The minimum atomic E-state index is -0.383. The number of fused-ring (bicyclic) bond motifs is 1. The van der Waals surface area contributed by atoms with E-state index in [2.05, 4.69) is 6.92 Å². The van der Waals surface area contributed by atoms with E-state index in [9.17, 15) is 4.79 Å². The van der Waals surface area contributed by atoms with Gasteiger partial charge in [-0.25, -0.2) is 0 Å². The highest BCUT2D eigenvalue weighted by molar-refractivity contribution is 6.27. The van der Waals surface area contributed by atoms with Crippen LogP contribution in [0.5, 0.6) is 0 Å². The highest BCUT2D eigenvalue weighted by Crippen LogP contribution is 2.56. The summed E-state index contributed by atoms with van der Waals surface area (Å²) < 4.78 is 0. The van der Waals surface area contributed by atoms with Crippen molar-refractivity contribution in [2.45, 2.75) is 44.4 Å². The Labute approximate surface area is 114 Å². The summed E-state index contributed by atoms with van der Waals surface area (Å²) in [5, 5.41) is -0.149. The van der Waals surface area contributed by atoms with Crippen molar-refractivity contribution in [3.63, 3.8) is 0 Å². The molecule has 2 heteroatoms. The molecule has 3 rings (SSSR count). The number of benzene rings is 1. The zero-order valence-corrected chi connectivity index (χ0v) is 11.5. The van der Waals surface area contributed by atoms with Crippen LogP contribution in [0.15, 0.2) is 24.3 Å². The Morgan fingerprint density at radius 1 is 1.17 bits per heavy atom. The normalized spacial score (nSPS) is 32.6. The third-order valence-electron chi connectivity index (χ3n) is 4.95. The fourth-order valence-corrected chi connectivity index (χ4v) is 4.22. The third kappa shape index (κ3) is 1.56. The minimum Gasteiger partial charge on any atom is -0.293 e. The third-order valence-corrected chi connectivity index (χ3v) is 5.64. The molecule has 0 spiro atoms. The zero-order chi connectivity index (χ0) is 12.8. The maximum atomic E-state index is 12.7. The highest BCUT2D eigenvalue weighted by Gasteiger charge is 2.53. The van der Waals surface area contributed by atoms with E-state index in [1.165, 1.54) is 19.3 Å². The number of Topliss-reactive ketones (excluding diaryl/α,β-unsaturated/α-hetero) is 1. The van der Waals surface area contributed by atoms with Crippen molar-refractivity contribution in [1.29, 1.82) is 0 Å². The molecule has 0 aromatic heterocycles. The van der Waals surface area contributed by atoms with E-state index in [0.717, 1.165) is 24.0 Å². The average molecular weight is 263 g/mol. The van der Waals surface area contributed by atoms with Crippen molar-refractivity contribution >= 4 is 17.4 Å². The first kappa shape index (κ1) is 12.2. The molecule has 2 atom stereocenters. The Morgan fingerprint density at radius 2 is 1.83 bits per heavy atom. The molecule has 1 aromatic rings. The standard InChI is InChI=1S/C16H19ClO/c1-16(11-7-3-2-4-8-11)14(17)12-9-5-6-10-13(12)15(16)18/h5-6,9-11,14H,2-4,7-8H2,1H3. The number of hydrogen-bond donors (Lipinski definition) is 0. The molecule has 0 heterocycles. The van der Waals surface area contributed by atoms with Crippen LogP contribution in [-0.2, 0) is 0 Å². The molecule has 2 aliphatic rings. The molecule has 18 heavy (non-hydrogen) atoms. The van der Waals surface area contributed by atoms with Crippen molar-refractivity contribution in [3.05, 3.63) is 35.4 Å².